The summed E-state index contributed by atoms with van der Waals surface area (Å²) in [5, 5.41) is 3.67. The molecule has 1 amide bonds. The van der Waals surface area contributed by atoms with Gasteiger partial charge in [-0.15, -0.1) is 0 Å². The summed E-state index contributed by atoms with van der Waals surface area (Å²) in [6, 6.07) is 17.9. The molecule has 6 nitrogen and oxygen atoms in total. The van der Waals surface area contributed by atoms with Gasteiger partial charge in [-0.25, -0.2) is 4.98 Å². The molecule has 1 aliphatic rings. The number of hydrogen-bond donors (Lipinski definition) is 2. The van der Waals surface area contributed by atoms with Crippen molar-refractivity contribution < 1.29 is 4.79 Å². The molecule has 2 aromatic heterocycles. The number of carbonyl (C=O) groups is 1. The van der Waals surface area contributed by atoms with E-state index in [2.05, 4.69) is 10.3 Å². The molecular formula is C27H28N4O2S. The second-order valence-electron chi connectivity index (χ2n) is 8.86. The number of aryl methyl sites for hydroxylation is 1. The molecule has 2 aromatic carbocycles. The Balaban J connectivity index is 1.53. The summed E-state index contributed by atoms with van der Waals surface area (Å²) in [7, 11) is 0. The van der Waals surface area contributed by atoms with Gasteiger partial charge in [0, 0.05) is 17.8 Å². The molecule has 2 N–H and O–H groups in total. The number of H-pyrrole nitrogens is 1. The van der Waals surface area contributed by atoms with Crippen LogP contribution in [-0.2, 0) is 4.79 Å². The van der Waals surface area contributed by atoms with Crippen molar-refractivity contribution in [2.75, 3.05) is 5.75 Å². The van der Waals surface area contributed by atoms with E-state index in [0.29, 0.717) is 16.2 Å². The van der Waals surface area contributed by atoms with Crippen molar-refractivity contribution in [3.05, 3.63) is 76.7 Å². The summed E-state index contributed by atoms with van der Waals surface area (Å²) in [6.45, 7) is 1.99. The van der Waals surface area contributed by atoms with E-state index < -0.39 is 0 Å². The topological polar surface area (TPSA) is 79.8 Å². The maximum absolute atomic E-state index is 13.6. The molecule has 0 spiro atoms. The van der Waals surface area contributed by atoms with Crippen molar-refractivity contribution in [3.63, 3.8) is 0 Å². The van der Waals surface area contributed by atoms with Gasteiger partial charge in [0.05, 0.1) is 11.4 Å². The first-order chi connectivity index (χ1) is 16.6. The molecule has 0 atom stereocenters. The van der Waals surface area contributed by atoms with Gasteiger partial charge in [0.1, 0.15) is 11.0 Å². The molecule has 1 fully saturated rings. The van der Waals surface area contributed by atoms with Crippen LogP contribution in [0.4, 0.5) is 0 Å². The standard InChI is InChI=1S/C27H28N4O2S/c1-18-9-8-14-21(15-18)31-26(33)25-24(22(16-28-25)19-10-4-2-5-11-19)30-27(31)34-17-23(32)29-20-12-6-3-7-13-20/h2,4-5,8-11,14-16,20,28H,3,6-7,12-13,17H2,1H3,(H,29,32). The Kier molecular flexibility index (Phi) is 6.54. The highest BCUT2D eigenvalue weighted by Gasteiger charge is 2.20. The van der Waals surface area contributed by atoms with E-state index in [4.69, 9.17) is 4.98 Å². The number of hydrogen-bond acceptors (Lipinski definition) is 4. The van der Waals surface area contributed by atoms with Gasteiger partial charge in [-0.1, -0.05) is 73.5 Å². The average Bonchev–Trinajstić information content (AvgIpc) is 3.28. The molecule has 0 radical (unpaired) electrons. The lowest BCUT2D eigenvalue weighted by molar-refractivity contribution is -0.119. The van der Waals surface area contributed by atoms with Crippen molar-refractivity contribution in [1.82, 2.24) is 19.9 Å². The van der Waals surface area contributed by atoms with Crippen LogP contribution in [0.3, 0.4) is 0 Å². The lowest BCUT2D eigenvalue weighted by atomic mass is 9.95. The SMILES string of the molecule is Cc1cccc(-n2c(SCC(=O)NC3CCCCC3)nc3c(-c4ccccc4)c[nH]c3c2=O)c1. The maximum atomic E-state index is 13.6. The van der Waals surface area contributed by atoms with Gasteiger partial charge in [0.25, 0.3) is 5.56 Å². The smallest absolute Gasteiger partial charge is 0.283 e. The van der Waals surface area contributed by atoms with E-state index >= 15 is 0 Å². The molecule has 4 aromatic rings. The number of aromatic nitrogens is 3. The third kappa shape index (κ3) is 4.66. The molecule has 34 heavy (non-hydrogen) atoms. The normalized spacial score (nSPS) is 14.4. The Bertz CT molecular complexity index is 1370. The highest BCUT2D eigenvalue weighted by molar-refractivity contribution is 7.99. The Morgan fingerprint density at radius 1 is 1.12 bits per heavy atom. The van der Waals surface area contributed by atoms with Gasteiger partial charge in [0.15, 0.2) is 5.16 Å². The first kappa shape index (κ1) is 22.5. The lowest BCUT2D eigenvalue weighted by Gasteiger charge is -2.22. The van der Waals surface area contributed by atoms with E-state index in [-0.39, 0.29) is 23.3 Å². The van der Waals surface area contributed by atoms with Gasteiger partial charge >= 0.3 is 0 Å². The Labute approximate surface area is 202 Å². The van der Waals surface area contributed by atoms with Crippen molar-refractivity contribution in [1.29, 1.82) is 0 Å². The number of benzene rings is 2. The zero-order chi connectivity index (χ0) is 23.5. The minimum Gasteiger partial charge on any atom is -0.355 e. The van der Waals surface area contributed by atoms with Gasteiger partial charge < -0.3 is 10.3 Å². The van der Waals surface area contributed by atoms with Crippen LogP contribution in [0.2, 0.25) is 0 Å². The van der Waals surface area contributed by atoms with Crippen molar-refractivity contribution >= 4 is 28.7 Å². The molecule has 0 bridgehead atoms. The number of fused-ring (bicyclic) bond motifs is 1. The average molecular weight is 473 g/mol. The van der Waals surface area contributed by atoms with Crippen LogP contribution in [0.25, 0.3) is 27.8 Å². The second kappa shape index (κ2) is 9.89. The fourth-order valence-electron chi connectivity index (χ4n) is 4.61. The predicted octanol–water partition coefficient (Wildman–Crippen LogP) is 5.23. The minimum absolute atomic E-state index is 0.0145. The van der Waals surface area contributed by atoms with Gasteiger partial charge in [-0.05, 0) is 43.0 Å². The highest BCUT2D eigenvalue weighted by atomic mass is 32.2. The molecule has 0 unspecified atom stereocenters. The molecule has 174 valence electrons. The first-order valence-electron chi connectivity index (χ1n) is 11.8. The zero-order valence-electron chi connectivity index (χ0n) is 19.2. The lowest BCUT2D eigenvalue weighted by Crippen LogP contribution is -2.37. The van der Waals surface area contributed by atoms with E-state index in [9.17, 15) is 9.59 Å². The van der Waals surface area contributed by atoms with E-state index in [1.807, 2.05) is 67.7 Å². The molecule has 0 aliphatic heterocycles. The molecule has 2 heterocycles. The third-order valence-corrected chi connectivity index (χ3v) is 7.25. The quantitative estimate of drug-likeness (QED) is 0.297. The van der Waals surface area contributed by atoms with Gasteiger partial charge in [0.2, 0.25) is 5.91 Å². The van der Waals surface area contributed by atoms with Crippen molar-refractivity contribution in [2.45, 2.75) is 50.2 Å². The monoisotopic (exact) mass is 472 g/mol. The van der Waals surface area contributed by atoms with Crippen LogP contribution in [0, 0.1) is 6.92 Å². The molecular weight excluding hydrogens is 444 g/mol. The van der Waals surface area contributed by atoms with Crippen LogP contribution in [0.1, 0.15) is 37.7 Å². The van der Waals surface area contributed by atoms with E-state index in [1.165, 1.54) is 31.0 Å². The van der Waals surface area contributed by atoms with Crippen LogP contribution >= 0.6 is 11.8 Å². The summed E-state index contributed by atoms with van der Waals surface area (Å²) >= 11 is 1.31. The fourth-order valence-corrected chi connectivity index (χ4v) is 5.43. The summed E-state index contributed by atoms with van der Waals surface area (Å²) in [4.78, 5) is 34.4. The molecule has 0 saturated heterocycles. The molecule has 1 saturated carbocycles. The highest BCUT2D eigenvalue weighted by Crippen LogP contribution is 2.29. The molecule has 5 rings (SSSR count). The van der Waals surface area contributed by atoms with Gasteiger partial charge in [-0.3, -0.25) is 14.2 Å². The zero-order valence-corrected chi connectivity index (χ0v) is 20.0. The Hall–Kier alpha value is -3.32. The first-order valence-corrected chi connectivity index (χ1v) is 12.8. The van der Waals surface area contributed by atoms with Crippen LogP contribution in [0.5, 0.6) is 0 Å². The van der Waals surface area contributed by atoms with Crippen molar-refractivity contribution in [2.24, 2.45) is 0 Å². The number of aromatic amines is 1. The van der Waals surface area contributed by atoms with Crippen LogP contribution < -0.4 is 10.9 Å². The summed E-state index contributed by atoms with van der Waals surface area (Å²) in [5.74, 6) is 0.199. The number of thioether (sulfide) groups is 1. The predicted molar refractivity (Wildman–Crippen MR) is 138 cm³/mol. The summed E-state index contributed by atoms with van der Waals surface area (Å²) < 4.78 is 1.61. The van der Waals surface area contributed by atoms with E-state index in [1.54, 1.807) is 4.57 Å². The maximum Gasteiger partial charge on any atom is 0.283 e. The summed E-state index contributed by atoms with van der Waals surface area (Å²) in [5.41, 5.74) is 4.55. The Morgan fingerprint density at radius 2 is 1.91 bits per heavy atom. The number of rotatable bonds is 6. The van der Waals surface area contributed by atoms with Crippen LogP contribution in [-0.4, -0.2) is 32.2 Å². The van der Waals surface area contributed by atoms with Crippen molar-refractivity contribution in [3.8, 4) is 16.8 Å². The largest absolute Gasteiger partial charge is 0.355 e. The fraction of sp³-hybridized carbons (Fsp3) is 0.296. The number of carbonyl (C=O) groups excluding carboxylic acids is 1. The third-order valence-electron chi connectivity index (χ3n) is 6.32. The number of amides is 1. The second-order valence-corrected chi connectivity index (χ2v) is 9.80. The Morgan fingerprint density at radius 3 is 2.68 bits per heavy atom. The molecule has 1 aliphatic carbocycles. The number of nitrogens with one attached hydrogen (secondary N) is 2. The minimum atomic E-state index is -0.173. The van der Waals surface area contributed by atoms with E-state index in [0.717, 1.165) is 35.2 Å². The van der Waals surface area contributed by atoms with Gasteiger partial charge in [-0.2, -0.15) is 0 Å². The molecule has 7 heteroatoms. The van der Waals surface area contributed by atoms with Crippen LogP contribution in [0.15, 0.2) is 70.7 Å². The number of nitrogens with zero attached hydrogens (tertiary/aromatic N) is 2. The summed E-state index contributed by atoms with van der Waals surface area (Å²) in [6.07, 6.45) is 7.49.